The van der Waals surface area contributed by atoms with Gasteiger partial charge in [-0.05, 0) is 38.7 Å². The number of benzene rings is 1. The molecule has 1 aliphatic rings. The van der Waals surface area contributed by atoms with Gasteiger partial charge in [0.2, 0.25) is 0 Å². The molecule has 4 heteroatoms. The molecule has 0 bridgehead atoms. The van der Waals surface area contributed by atoms with Crippen LogP contribution in [0.3, 0.4) is 0 Å². The number of hydrogen-bond donors (Lipinski definition) is 0. The molecule has 0 amide bonds. The monoisotopic (exact) mass is 252 g/mol. The molecule has 0 saturated carbocycles. The second-order valence-electron chi connectivity index (χ2n) is 5.41. The largest absolute Gasteiger partial charge is 0.494 e. The second kappa shape index (κ2) is 4.69. The predicted molar refractivity (Wildman–Crippen MR) is 72.9 cm³/mol. The molecule has 0 unspecified atom stereocenters. The van der Waals surface area contributed by atoms with Gasteiger partial charge in [0, 0.05) is 7.11 Å². The zero-order valence-corrected chi connectivity index (χ0v) is 11.5. The minimum atomic E-state index is -0.921. The Hall–Kier alpha value is -0.835. The summed E-state index contributed by atoms with van der Waals surface area (Å²) >= 11 is 0. The lowest BCUT2D eigenvalue weighted by Gasteiger charge is -2.32. The highest BCUT2D eigenvalue weighted by Gasteiger charge is 2.51. The fraction of sp³-hybridized carbons (Fsp3) is 0.571. The standard InChI is InChI=1S/C14H21BO3/c1-13(2)14(3,4)18-15(17-13)12-8-6-11(7-9-12)10-16-5/h6-9H,10H2,1-5H3/i6D,7D,8D,9D. The van der Waals surface area contributed by atoms with Crippen LogP contribution in [0.15, 0.2) is 24.2 Å². The molecule has 0 spiro atoms. The van der Waals surface area contributed by atoms with Crippen LogP contribution >= 0.6 is 0 Å². The summed E-state index contributed by atoms with van der Waals surface area (Å²) in [4.78, 5) is 0. The van der Waals surface area contributed by atoms with Gasteiger partial charge >= 0.3 is 7.12 Å². The lowest BCUT2D eigenvalue weighted by molar-refractivity contribution is 0.00578. The van der Waals surface area contributed by atoms with Crippen LogP contribution < -0.4 is 5.46 Å². The fourth-order valence-electron chi connectivity index (χ4n) is 1.64. The van der Waals surface area contributed by atoms with Gasteiger partial charge in [0.15, 0.2) is 0 Å². The first-order chi connectivity index (χ1) is 10.0. The molecule has 0 radical (unpaired) electrons. The molecular formula is C14H21BO3. The molecular weight excluding hydrogens is 227 g/mol. The summed E-state index contributed by atoms with van der Waals surface area (Å²) in [5, 5.41) is 0. The van der Waals surface area contributed by atoms with Crippen molar-refractivity contribution in [3.05, 3.63) is 29.7 Å². The third-order valence-corrected chi connectivity index (χ3v) is 3.47. The van der Waals surface area contributed by atoms with Gasteiger partial charge in [-0.15, -0.1) is 0 Å². The summed E-state index contributed by atoms with van der Waals surface area (Å²) in [6, 6.07) is -0.529. The summed E-state index contributed by atoms with van der Waals surface area (Å²) in [6.07, 6.45) is 0. The smallest absolute Gasteiger partial charge is 0.399 e. The van der Waals surface area contributed by atoms with Gasteiger partial charge in [0.05, 0.1) is 23.3 Å². The summed E-state index contributed by atoms with van der Waals surface area (Å²) in [5.74, 6) is 0. The van der Waals surface area contributed by atoms with Gasteiger partial charge in [-0.3, -0.25) is 0 Å². The first-order valence-corrected chi connectivity index (χ1v) is 5.97. The van der Waals surface area contributed by atoms with Gasteiger partial charge in [0.1, 0.15) is 0 Å². The van der Waals surface area contributed by atoms with E-state index in [-0.39, 0.29) is 41.8 Å². The predicted octanol–water partition coefficient (Wildman–Crippen LogP) is 2.13. The molecule has 1 saturated heterocycles. The Bertz CT molecular complexity index is 559. The van der Waals surface area contributed by atoms with Gasteiger partial charge in [0.25, 0.3) is 0 Å². The quantitative estimate of drug-likeness (QED) is 0.771. The summed E-state index contributed by atoms with van der Waals surface area (Å²) in [6.45, 7) is 7.54. The Morgan fingerprint density at radius 2 is 1.61 bits per heavy atom. The molecule has 1 aromatic carbocycles. The van der Waals surface area contributed by atoms with Crippen LogP contribution in [-0.4, -0.2) is 25.4 Å². The van der Waals surface area contributed by atoms with Crippen molar-refractivity contribution in [2.75, 3.05) is 7.11 Å². The van der Waals surface area contributed by atoms with Crippen LogP contribution in [-0.2, 0) is 20.7 Å². The topological polar surface area (TPSA) is 27.7 Å². The van der Waals surface area contributed by atoms with Gasteiger partial charge in [-0.1, -0.05) is 24.2 Å². The van der Waals surface area contributed by atoms with Gasteiger partial charge < -0.3 is 14.0 Å². The highest BCUT2D eigenvalue weighted by atomic mass is 16.7. The van der Waals surface area contributed by atoms with Crippen molar-refractivity contribution in [2.45, 2.75) is 45.5 Å². The van der Waals surface area contributed by atoms with Gasteiger partial charge in [-0.2, -0.15) is 0 Å². The molecule has 1 aliphatic heterocycles. The van der Waals surface area contributed by atoms with E-state index in [1.165, 1.54) is 7.11 Å². The normalized spacial score (nSPS) is 24.4. The number of methoxy groups -OCH3 is 1. The van der Waals surface area contributed by atoms with Crippen LogP contribution in [0.1, 0.15) is 38.7 Å². The molecule has 1 fully saturated rings. The highest BCUT2D eigenvalue weighted by Crippen LogP contribution is 2.36. The highest BCUT2D eigenvalue weighted by molar-refractivity contribution is 6.62. The van der Waals surface area contributed by atoms with Crippen LogP contribution in [0, 0.1) is 0 Å². The molecule has 0 atom stereocenters. The maximum absolute atomic E-state index is 8.17. The summed E-state index contributed by atoms with van der Waals surface area (Å²) in [7, 11) is 0.531. The van der Waals surface area contributed by atoms with Crippen LogP contribution in [0.2, 0.25) is 0 Å². The van der Waals surface area contributed by atoms with Crippen molar-refractivity contribution in [3.63, 3.8) is 0 Å². The SMILES string of the molecule is [2H]c1c([2H])c(B2OC(C)(C)C(C)(C)O2)c([2H])c([2H])c1COC. The zero-order chi connectivity index (χ0) is 16.9. The maximum Gasteiger partial charge on any atom is 0.494 e. The van der Waals surface area contributed by atoms with Crippen molar-refractivity contribution in [1.29, 1.82) is 0 Å². The summed E-state index contributed by atoms with van der Waals surface area (Å²) < 4.78 is 49.1. The van der Waals surface area contributed by atoms with E-state index in [9.17, 15) is 0 Å². The zero-order valence-electron chi connectivity index (χ0n) is 15.5. The molecule has 0 N–H and O–H groups in total. The van der Waals surface area contributed by atoms with Crippen molar-refractivity contribution < 1.29 is 19.5 Å². The average Bonchev–Trinajstić information content (AvgIpc) is 2.61. The minimum absolute atomic E-state index is 0.0269. The van der Waals surface area contributed by atoms with E-state index in [0.717, 1.165) is 0 Å². The second-order valence-corrected chi connectivity index (χ2v) is 5.41. The average molecular weight is 252 g/mol. The summed E-state index contributed by atoms with van der Waals surface area (Å²) in [5.41, 5.74) is -0.843. The molecule has 3 nitrogen and oxygen atoms in total. The Labute approximate surface area is 115 Å². The van der Waals surface area contributed by atoms with Crippen molar-refractivity contribution in [3.8, 4) is 0 Å². The Morgan fingerprint density at radius 1 is 1.11 bits per heavy atom. The van der Waals surface area contributed by atoms with Crippen molar-refractivity contribution in [1.82, 2.24) is 0 Å². The van der Waals surface area contributed by atoms with Crippen molar-refractivity contribution >= 4 is 12.6 Å². The van der Waals surface area contributed by atoms with Crippen LogP contribution in [0.4, 0.5) is 0 Å². The lowest BCUT2D eigenvalue weighted by Crippen LogP contribution is -2.41. The maximum atomic E-state index is 8.17. The Balaban J connectivity index is 2.55. The molecule has 1 aromatic rings. The van der Waals surface area contributed by atoms with Crippen LogP contribution in [0.25, 0.3) is 0 Å². The number of hydrogen-bond acceptors (Lipinski definition) is 3. The molecule has 1 heterocycles. The molecule has 2 rings (SSSR count). The lowest BCUT2D eigenvalue weighted by atomic mass is 9.79. The van der Waals surface area contributed by atoms with E-state index in [4.69, 9.17) is 19.5 Å². The Morgan fingerprint density at radius 3 is 2.06 bits per heavy atom. The minimum Gasteiger partial charge on any atom is -0.399 e. The molecule has 18 heavy (non-hydrogen) atoms. The van der Waals surface area contributed by atoms with E-state index < -0.39 is 18.3 Å². The third kappa shape index (κ3) is 2.46. The molecule has 0 aromatic heterocycles. The first-order valence-electron chi connectivity index (χ1n) is 7.97. The first kappa shape index (κ1) is 9.13. The van der Waals surface area contributed by atoms with E-state index in [1.807, 2.05) is 27.7 Å². The van der Waals surface area contributed by atoms with Crippen LogP contribution in [0.5, 0.6) is 0 Å². The van der Waals surface area contributed by atoms with E-state index >= 15 is 0 Å². The molecule has 98 valence electrons. The number of ether oxygens (including phenoxy) is 1. The fourth-order valence-corrected chi connectivity index (χ4v) is 1.64. The Kier molecular flexibility index (Phi) is 2.38. The van der Waals surface area contributed by atoms with Crippen molar-refractivity contribution in [2.24, 2.45) is 0 Å². The van der Waals surface area contributed by atoms with Gasteiger partial charge in [-0.25, -0.2) is 0 Å². The van der Waals surface area contributed by atoms with E-state index in [0.29, 0.717) is 0 Å². The third-order valence-electron chi connectivity index (χ3n) is 3.47. The van der Waals surface area contributed by atoms with E-state index in [2.05, 4.69) is 0 Å². The number of rotatable bonds is 3. The van der Waals surface area contributed by atoms with E-state index in [1.54, 1.807) is 0 Å². The molecule has 0 aliphatic carbocycles.